The summed E-state index contributed by atoms with van der Waals surface area (Å²) in [6.45, 7) is 7.22. The van der Waals surface area contributed by atoms with Gasteiger partial charge in [-0.05, 0) is 36.2 Å². The number of anilines is 1. The highest BCUT2D eigenvalue weighted by atomic mass is 32.1. The molecular weight excluding hydrogens is 470 g/mol. The Kier molecular flexibility index (Phi) is 6.44. The fourth-order valence-electron chi connectivity index (χ4n) is 4.15. The van der Waals surface area contributed by atoms with E-state index in [0.717, 1.165) is 59.9 Å². The number of carbonyl (C=O) groups is 1. The standard InChI is InChI=1S/C24H25N5O3S2/c1-2-16-3-5-19-21(13-16)34-24(26-19)28-11-9-27(10-12-28)8-7-25-23(30)22-15-17-14-18(29(31)32)4-6-20(17)33-22/h3-6,13-15H,2,7-12H2,1H3,(H,25,30). The van der Waals surface area contributed by atoms with Crippen LogP contribution in [-0.4, -0.2) is 60.0 Å². The van der Waals surface area contributed by atoms with Gasteiger partial charge in [0.05, 0.1) is 20.0 Å². The van der Waals surface area contributed by atoms with Crippen molar-refractivity contribution < 1.29 is 9.72 Å². The number of amides is 1. The summed E-state index contributed by atoms with van der Waals surface area (Å²) in [5, 5.41) is 15.8. The highest BCUT2D eigenvalue weighted by Gasteiger charge is 2.20. The summed E-state index contributed by atoms with van der Waals surface area (Å²) in [4.78, 5) is 33.2. The second kappa shape index (κ2) is 9.65. The van der Waals surface area contributed by atoms with Crippen LogP contribution in [0.3, 0.4) is 0 Å². The third kappa shape index (κ3) is 4.75. The molecule has 0 saturated carbocycles. The van der Waals surface area contributed by atoms with Gasteiger partial charge >= 0.3 is 0 Å². The zero-order chi connectivity index (χ0) is 23.7. The first-order valence-electron chi connectivity index (χ1n) is 11.3. The number of hydrogen-bond acceptors (Lipinski definition) is 8. The summed E-state index contributed by atoms with van der Waals surface area (Å²) in [5.74, 6) is -0.136. The van der Waals surface area contributed by atoms with Gasteiger partial charge in [-0.3, -0.25) is 19.8 Å². The SMILES string of the molecule is CCc1ccc2nc(N3CCN(CCNC(=O)c4cc5cc([N+](=O)[O-])ccc5s4)CC3)sc2c1. The van der Waals surface area contributed by atoms with Gasteiger partial charge in [-0.15, -0.1) is 11.3 Å². The minimum Gasteiger partial charge on any atom is -0.350 e. The van der Waals surface area contributed by atoms with E-state index >= 15 is 0 Å². The Balaban J connectivity index is 1.11. The summed E-state index contributed by atoms with van der Waals surface area (Å²) in [5.41, 5.74) is 2.44. The number of aryl methyl sites for hydroxylation is 1. The van der Waals surface area contributed by atoms with Gasteiger partial charge in [0, 0.05) is 61.5 Å². The predicted octanol–water partition coefficient (Wildman–Crippen LogP) is 4.53. The van der Waals surface area contributed by atoms with Crippen LogP contribution >= 0.6 is 22.7 Å². The molecule has 1 saturated heterocycles. The molecule has 1 aliphatic heterocycles. The van der Waals surface area contributed by atoms with E-state index in [1.54, 1.807) is 23.5 Å². The van der Waals surface area contributed by atoms with Crippen LogP contribution in [0.2, 0.25) is 0 Å². The number of piperazine rings is 1. The Bertz CT molecular complexity index is 1360. The van der Waals surface area contributed by atoms with Crippen molar-refractivity contribution in [3.05, 3.63) is 63.0 Å². The number of nitro groups is 1. The van der Waals surface area contributed by atoms with E-state index in [2.05, 4.69) is 40.2 Å². The van der Waals surface area contributed by atoms with E-state index in [1.807, 2.05) is 0 Å². The first-order chi connectivity index (χ1) is 16.5. The van der Waals surface area contributed by atoms with Crippen molar-refractivity contribution in [3.8, 4) is 0 Å². The molecule has 176 valence electrons. The number of nitro benzene ring substituents is 1. The predicted molar refractivity (Wildman–Crippen MR) is 138 cm³/mol. The maximum absolute atomic E-state index is 12.6. The van der Waals surface area contributed by atoms with Crippen LogP contribution in [0.4, 0.5) is 10.8 Å². The molecule has 1 amide bonds. The summed E-state index contributed by atoms with van der Waals surface area (Å²) in [7, 11) is 0. The Labute approximate surface area is 205 Å². The number of thiophene rings is 1. The fraction of sp³-hybridized carbons (Fsp3) is 0.333. The Hall–Kier alpha value is -3.08. The number of nitrogens with zero attached hydrogens (tertiary/aromatic N) is 4. The first kappa shape index (κ1) is 22.7. The third-order valence-electron chi connectivity index (χ3n) is 6.14. The van der Waals surface area contributed by atoms with E-state index in [9.17, 15) is 14.9 Å². The summed E-state index contributed by atoms with van der Waals surface area (Å²) in [6, 6.07) is 12.9. The van der Waals surface area contributed by atoms with Gasteiger partial charge in [-0.2, -0.15) is 0 Å². The van der Waals surface area contributed by atoms with Gasteiger partial charge in [0.15, 0.2) is 5.13 Å². The molecule has 3 heterocycles. The molecule has 10 heteroatoms. The molecule has 34 heavy (non-hydrogen) atoms. The highest BCUT2D eigenvalue weighted by molar-refractivity contribution is 7.22. The van der Waals surface area contributed by atoms with Crippen molar-refractivity contribution in [2.45, 2.75) is 13.3 Å². The molecule has 0 bridgehead atoms. The molecule has 4 aromatic rings. The fourth-order valence-corrected chi connectivity index (χ4v) is 6.19. The molecule has 0 aliphatic carbocycles. The lowest BCUT2D eigenvalue weighted by Crippen LogP contribution is -2.48. The number of carbonyl (C=O) groups excluding carboxylic acids is 1. The van der Waals surface area contributed by atoms with E-state index in [-0.39, 0.29) is 11.6 Å². The van der Waals surface area contributed by atoms with Crippen molar-refractivity contribution in [2.24, 2.45) is 0 Å². The Morgan fingerprint density at radius 2 is 1.91 bits per heavy atom. The molecule has 5 rings (SSSR count). The van der Waals surface area contributed by atoms with E-state index < -0.39 is 4.92 Å². The van der Waals surface area contributed by atoms with Crippen molar-refractivity contribution in [3.63, 3.8) is 0 Å². The lowest BCUT2D eigenvalue weighted by Gasteiger charge is -2.34. The quantitative estimate of drug-likeness (QED) is 0.299. The van der Waals surface area contributed by atoms with E-state index in [1.165, 1.54) is 33.7 Å². The lowest BCUT2D eigenvalue weighted by molar-refractivity contribution is -0.384. The number of rotatable bonds is 7. The molecule has 0 radical (unpaired) electrons. The molecule has 0 atom stereocenters. The normalized spacial score (nSPS) is 14.7. The van der Waals surface area contributed by atoms with Gasteiger partial charge in [0.2, 0.25) is 0 Å². The molecule has 2 aromatic carbocycles. The van der Waals surface area contributed by atoms with Crippen LogP contribution in [0, 0.1) is 10.1 Å². The number of nitrogens with one attached hydrogen (secondary N) is 1. The molecule has 8 nitrogen and oxygen atoms in total. The largest absolute Gasteiger partial charge is 0.350 e. The van der Waals surface area contributed by atoms with Gasteiger partial charge in [-0.1, -0.05) is 24.3 Å². The molecule has 0 spiro atoms. The topological polar surface area (TPSA) is 91.6 Å². The average Bonchev–Trinajstić information content (AvgIpc) is 3.47. The second-order valence-electron chi connectivity index (χ2n) is 8.33. The van der Waals surface area contributed by atoms with Crippen LogP contribution in [0.1, 0.15) is 22.2 Å². The summed E-state index contributed by atoms with van der Waals surface area (Å²) in [6.07, 6.45) is 1.03. The van der Waals surface area contributed by atoms with Crippen LogP contribution in [0.5, 0.6) is 0 Å². The monoisotopic (exact) mass is 495 g/mol. The average molecular weight is 496 g/mol. The van der Waals surface area contributed by atoms with E-state index in [4.69, 9.17) is 4.98 Å². The van der Waals surface area contributed by atoms with Gasteiger partial charge in [0.1, 0.15) is 0 Å². The molecule has 0 unspecified atom stereocenters. The number of thiazole rings is 1. The van der Waals surface area contributed by atoms with Crippen molar-refractivity contribution in [2.75, 3.05) is 44.2 Å². The molecule has 1 fully saturated rings. The second-order valence-corrected chi connectivity index (χ2v) is 10.4. The summed E-state index contributed by atoms with van der Waals surface area (Å²) < 4.78 is 2.11. The number of fused-ring (bicyclic) bond motifs is 2. The zero-order valence-electron chi connectivity index (χ0n) is 18.8. The van der Waals surface area contributed by atoms with Gasteiger partial charge < -0.3 is 10.2 Å². The Morgan fingerprint density at radius 1 is 1.09 bits per heavy atom. The first-order valence-corrected chi connectivity index (χ1v) is 13.0. The van der Waals surface area contributed by atoms with Crippen molar-refractivity contribution >= 4 is 59.7 Å². The van der Waals surface area contributed by atoms with E-state index in [0.29, 0.717) is 11.4 Å². The van der Waals surface area contributed by atoms with Crippen LogP contribution in [0.15, 0.2) is 42.5 Å². The van der Waals surface area contributed by atoms with Crippen LogP contribution in [0.25, 0.3) is 20.3 Å². The molecular formula is C24H25N5O3S2. The lowest BCUT2D eigenvalue weighted by atomic mass is 10.2. The highest BCUT2D eigenvalue weighted by Crippen LogP contribution is 2.31. The van der Waals surface area contributed by atoms with Gasteiger partial charge in [-0.25, -0.2) is 4.98 Å². The number of benzene rings is 2. The molecule has 1 N–H and O–H groups in total. The van der Waals surface area contributed by atoms with Crippen molar-refractivity contribution in [1.82, 2.24) is 15.2 Å². The maximum atomic E-state index is 12.6. The minimum atomic E-state index is -0.421. The molecule has 2 aromatic heterocycles. The minimum absolute atomic E-state index is 0.0351. The molecule has 1 aliphatic rings. The third-order valence-corrected chi connectivity index (χ3v) is 8.33. The van der Waals surface area contributed by atoms with Crippen molar-refractivity contribution in [1.29, 1.82) is 0 Å². The number of aromatic nitrogens is 1. The number of non-ortho nitro benzene ring substituents is 1. The van der Waals surface area contributed by atoms with Gasteiger partial charge in [0.25, 0.3) is 11.6 Å². The summed E-state index contributed by atoms with van der Waals surface area (Å²) >= 11 is 3.11. The number of hydrogen-bond donors (Lipinski definition) is 1. The van der Waals surface area contributed by atoms with Crippen LogP contribution in [-0.2, 0) is 6.42 Å². The van der Waals surface area contributed by atoms with Crippen LogP contribution < -0.4 is 10.2 Å². The Morgan fingerprint density at radius 3 is 2.68 bits per heavy atom. The zero-order valence-corrected chi connectivity index (χ0v) is 20.5. The maximum Gasteiger partial charge on any atom is 0.270 e. The smallest absolute Gasteiger partial charge is 0.270 e.